The standard InChI is InChI=1S/C16H25N3O/c1-13(2)9-12-19(15-6-7-15)16(20)18-11-8-14-5-3-4-10-17-14/h3-5,10,13,15H,6-9,11-12H2,1-2H3,(H,18,20). The van der Waals surface area contributed by atoms with Gasteiger partial charge in [-0.15, -0.1) is 0 Å². The van der Waals surface area contributed by atoms with Gasteiger partial charge in [0.2, 0.25) is 0 Å². The molecule has 0 unspecified atom stereocenters. The molecule has 20 heavy (non-hydrogen) atoms. The zero-order chi connectivity index (χ0) is 14.4. The Kier molecular flexibility index (Phi) is 5.39. The first-order valence-electron chi connectivity index (χ1n) is 7.61. The molecule has 1 N–H and O–H groups in total. The highest BCUT2D eigenvalue weighted by Gasteiger charge is 2.32. The van der Waals surface area contributed by atoms with E-state index >= 15 is 0 Å². The van der Waals surface area contributed by atoms with Crippen LogP contribution in [0.3, 0.4) is 0 Å². The van der Waals surface area contributed by atoms with E-state index in [1.165, 1.54) is 0 Å². The number of carbonyl (C=O) groups excluding carboxylic acids is 1. The van der Waals surface area contributed by atoms with Crippen LogP contribution in [-0.2, 0) is 6.42 Å². The van der Waals surface area contributed by atoms with E-state index in [9.17, 15) is 4.79 Å². The van der Waals surface area contributed by atoms with Crippen molar-refractivity contribution >= 4 is 6.03 Å². The number of carbonyl (C=O) groups is 1. The lowest BCUT2D eigenvalue weighted by molar-refractivity contribution is 0.191. The molecular weight excluding hydrogens is 250 g/mol. The van der Waals surface area contributed by atoms with Crippen LogP contribution in [0.4, 0.5) is 4.79 Å². The second-order valence-corrected chi connectivity index (χ2v) is 5.91. The molecule has 4 heteroatoms. The lowest BCUT2D eigenvalue weighted by Crippen LogP contribution is -2.43. The monoisotopic (exact) mass is 275 g/mol. The van der Waals surface area contributed by atoms with E-state index in [0.29, 0.717) is 18.5 Å². The summed E-state index contributed by atoms with van der Waals surface area (Å²) in [5, 5.41) is 3.02. The Hall–Kier alpha value is -1.58. The fraction of sp³-hybridized carbons (Fsp3) is 0.625. The Balaban J connectivity index is 1.74. The van der Waals surface area contributed by atoms with Gasteiger partial charge in [0.25, 0.3) is 0 Å². The van der Waals surface area contributed by atoms with E-state index in [2.05, 4.69) is 24.1 Å². The first-order chi connectivity index (χ1) is 9.66. The van der Waals surface area contributed by atoms with Crippen molar-refractivity contribution in [1.82, 2.24) is 15.2 Å². The van der Waals surface area contributed by atoms with E-state index in [4.69, 9.17) is 0 Å². The maximum Gasteiger partial charge on any atom is 0.317 e. The van der Waals surface area contributed by atoms with Gasteiger partial charge in [0, 0.05) is 37.4 Å². The lowest BCUT2D eigenvalue weighted by Gasteiger charge is -2.23. The van der Waals surface area contributed by atoms with Gasteiger partial charge in [0.15, 0.2) is 0 Å². The van der Waals surface area contributed by atoms with Crippen LogP contribution in [0.15, 0.2) is 24.4 Å². The summed E-state index contributed by atoms with van der Waals surface area (Å²) in [5.74, 6) is 0.637. The Morgan fingerprint density at radius 3 is 2.85 bits per heavy atom. The fourth-order valence-electron chi connectivity index (χ4n) is 2.18. The molecule has 1 aliphatic carbocycles. The third kappa shape index (κ3) is 4.83. The Bertz CT molecular complexity index is 415. The number of amides is 2. The number of nitrogens with zero attached hydrogens (tertiary/aromatic N) is 2. The van der Waals surface area contributed by atoms with E-state index in [1.807, 2.05) is 23.1 Å². The number of rotatable bonds is 7. The Labute approximate surface area is 121 Å². The zero-order valence-electron chi connectivity index (χ0n) is 12.5. The van der Waals surface area contributed by atoms with Crippen LogP contribution in [0.5, 0.6) is 0 Å². The summed E-state index contributed by atoms with van der Waals surface area (Å²) in [6.45, 7) is 5.92. The minimum absolute atomic E-state index is 0.0871. The van der Waals surface area contributed by atoms with Gasteiger partial charge in [-0.25, -0.2) is 4.79 Å². The van der Waals surface area contributed by atoms with Crippen molar-refractivity contribution in [2.45, 2.75) is 45.6 Å². The molecule has 1 fully saturated rings. The second-order valence-electron chi connectivity index (χ2n) is 5.91. The van der Waals surface area contributed by atoms with E-state index < -0.39 is 0 Å². The first kappa shape index (κ1) is 14.8. The van der Waals surface area contributed by atoms with Crippen molar-refractivity contribution < 1.29 is 4.79 Å². The van der Waals surface area contributed by atoms with Gasteiger partial charge < -0.3 is 10.2 Å². The topological polar surface area (TPSA) is 45.2 Å². The van der Waals surface area contributed by atoms with Gasteiger partial charge in [-0.2, -0.15) is 0 Å². The largest absolute Gasteiger partial charge is 0.338 e. The van der Waals surface area contributed by atoms with Gasteiger partial charge in [0.1, 0.15) is 0 Å². The normalized spacial score (nSPS) is 14.3. The van der Waals surface area contributed by atoms with Crippen LogP contribution in [0.1, 0.15) is 38.8 Å². The van der Waals surface area contributed by atoms with E-state index in [0.717, 1.165) is 37.9 Å². The number of hydrogen-bond acceptors (Lipinski definition) is 2. The number of pyridine rings is 1. The summed E-state index contributed by atoms with van der Waals surface area (Å²) in [6.07, 6.45) is 5.97. The molecule has 110 valence electrons. The van der Waals surface area contributed by atoms with Crippen molar-refractivity contribution in [2.75, 3.05) is 13.1 Å². The van der Waals surface area contributed by atoms with Crippen LogP contribution in [0, 0.1) is 5.92 Å². The van der Waals surface area contributed by atoms with Gasteiger partial charge >= 0.3 is 6.03 Å². The number of urea groups is 1. The highest BCUT2D eigenvalue weighted by molar-refractivity contribution is 5.74. The van der Waals surface area contributed by atoms with Crippen molar-refractivity contribution in [1.29, 1.82) is 0 Å². The molecule has 0 aromatic carbocycles. The molecule has 2 amide bonds. The molecule has 0 atom stereocenters. The SMILES string of the molecule is CC(C)CCN(C(=O)NCCc1ccccn1)C1CC1. The van der Waals surface area contributed by atoms with Crippen LogP contribution in [-0.4, -0.2) is 35.0 Å². The van der Waals surface area contributed by atoms with Crippen LogP contribution in [0.25, 0.3) is 0 Å². The quantitative estimate of drug-likeness (QED) is 0.831. The molecule has 0 aliphatic heterocycles. The lowest BCUT2D eigenvalue weighted by atomic mass is 10.1. The highest BCUT2D eigenvalue weighted by atomic mass is 16.2. The Morgan fingerprint density at radius 2 is 2.25 bits per heavy atom. The maximum absolute atomic E-state index is 12.2. The van der Waals surface area contributed by atoms with Crippen LogP contribution < -0.4 is 5.32 Å². The summed E-state index contributed by atoms with van der Waals surface area (Å²) < 4.78 is 0. The van der Waals surface area contributed by atoms with Gasteiger partial charge in [0.05, 0.1) is 0 Å². The summed E-state index contributed by atoms with van der Waals surface area (Å²) in [7, 11) is 0. The van der Waals surface area contributed by atoms with Crippen molar-refractivity contribution in [3.05, 3.63) is 30.1 Å². The predicted molar refractivity (Wildman–Crippen MR) is 80.5 cm³/mol. The number of hydrogen-bond donors (Lipinski definition) is 1. The zero-order valence-corrected chi connectivity index (χ0v) is 12.5. The molecule has 4 nitrogen and oxygen atoms in total. The molecule has 0 saturated heterocycles. The average Bonchev–Trinajstić information content (AvgIpc) is 3.24. The molecule has 2 rings (SSSR count). The van der Waals surface area contributed by atoms with Crippen molar-refractivity contribution in [3.63, 3.8) is 0 Å². The third-order valence-electron chi connectivity index (χ3n) is 3.58. The Morgan fingerprint density at radius 1 is 1.45 bits per heavy atom. The van der Waals surface area contributed by atoms with Gasteiger partial charge in [-0.05, 0) is 37.3 Å². The second kappa shape index (κ2) is 7.27. The molecule has 0 spiro atoms. The number of nitrogens with one attached hydrogen (secondary N) is 1. The summed E-state index contributed by atoms with van der Waals surface area (Å²) in [4.78, 5) is 18.5. The van der Waals surface area contributed by atoms with E-state index in [-0.39, 0.29) is 6.03 Å². The minimum Gasteiger partial charge on any atom is -0.338 e. The molecule has 0 radical (unpaired) electrons. The molecule has 1 saturated carbocycles. The molecule has 1 aromatic heterocycles. The maximum atomic E-state index is 12.2. The predicted octanol–water partition coefficient (Wildman–Crippen LogP) is 2.84. The summed E-state index contributed by atoms with van der Waals surface area (Å²) >= 11 is 0. The molecular formula is C16H25N3O. The minimum atomic E-state index is 0.0871. The summed E-state index contributed by atoms with van der Waals surface area (Å²) in [6, 6.07) is 6.43. The third-order valence-corrected chi connectivity index (χ3v) is 3.58. The van der Waals surface area contributed by atoms with E-state index in [1.54, 1.807) is 6.20 Å². The van der Waals surface area contributed by atoms with Crippen LogP contribution >= 0.6 is 0 Å². The smallest absolute Gasteiger partial charge is 0.317 e. The first-order valence-corrected chi connectivity index (χ1v) is 7.61. The summed E-state index contributed by atoms with van der Waals surface area (Å²) in [5.41, 5.74) is 1.02. The van der Waals surface area contributed by atoms with Crippen molar-refractivity contribution in [3.8, 4) is 0 Å². The molecule has 1 heterocycles. The van der Waals surface area contributed by atoms with Gasteiger partial charge in [-0.3, -0.25) is 4.98 Å². The fourth-order valence-corrected chi connectivity index (χ4v) is 2.18. The van der Waals surface area contributed by atoms with Crippen LogP contribution in [0.2, 0.25) is 0 Å². The van der Waals surface area contributed by atoms with Gasteiger partial charge in [-0.1, -0.05) is 19.9 Å². The number of aromatic nitrogens is 1. The average molecular weight is 275 g/mol. The molecule has 1 aromatic rings. The van der Waals surface area contributed by atoms with Crippen molar-refractivity contribution in [2.24, 2.45) is 5.92 Å². The molecule has 1 aliphatic rings. The highest BCUT2D eigenvalue weighted by Crippen LogP contribution is 2.27. The molecule has 0 bridgehead atoms.